The average Bonchev–Trinajstić information content (AvgIpc) is 3.12. The first-order chi connectivity index (χ1) is 10.3. The van der Waals surface area contributed by atoms with Gasteiger partial charge in [-0.1, -0.05) is 36.4 Å². The molecule has 0 unspecified atom stereocenters. The van der Waals surface area contributed by atoms with Gasteiger partial charge in [0.05, 0.1) is 12.1 Å². The third-order valence-electron chi connectivity index (χ3n) is 4.10. The predicted molar refractivity (Wildman–Crippen MR) is 82.9 cm³/mol. The molecule has 21 heavy (non-hydrogen) atoms. The van der Waals surface area contributed by atoms with Gasteiger partial charge >= 0.3 is 0 Å². The monoisotopic (exact) mass is 277 g/mol. The van der Waals surface area contributed by atoms with Gasteiger partial charge in [0.25, 0.3) is 0 Å². The highest BCUT2D eigenvalue weighted by atomic mass is 16.3. The number of hydrogen-bond donors (Lipinski definition) is 0. The number of para-hydroxylation sites is 2. The lowest BCUT2D eigenvalue weighted by atomic mass is 10.1. The zero-order chi connectivity index (χ0) is 14.2. The van der Waals surface area contributed by atoms with E-state index >= 15 is 0 Å². The second-order valence-electron chi connectivity index (χ2n) is 5.37. The molecule has 0 atom stereocenters. The van der Waals surface area contributed by atoms with Crippen LogP contribution >= 0.6 is 0 Å². The molecule has 0 bridgehead atoms. The van der Waals surface area contributed by atoms with Crippen molar-refractivity contribution in [3.8, 4) is 0 Å². The number of fused-ring (bicyclic) bond motifs is 2. The van der Waals surface area contributed by atoms with Gasteiger partial charge in [-0.05, 0) is 24.1 Å². The highest BCUT2D eigenvalue weighted by Gasteiger charge is 2.22. The molecule has 3 heteroatoms. The molecule has 1 aliphatic heterocycles. The Morgan fingerprint density at radius 1 is 1.10 bits per heavy atom. The van der Waals surface area contributed by atoms with Gasteiger partial charge in [0.2, 0.25) is 0 Å². The summed E-state index contributed by atoms with van der Waals surface area (Å²) in [6.07, 6.45) is 2.59. The molecule has 2 heterocycles. The first-order valence-electron chi connectivity index (χ1n) is 7.15. The second-order valence-corrected chi connectivity index (χ2v) is 5.37. The summed E-state index contributed by atoms with van der Waals surface area (Å²) in [5.74, 6) is 0.108. The van der Waals surface area contributed by atoms with Gasteiger partial charge in [0, 0.05) is 17.6 Å². The van der Waals surface area contributed by atoms with E-state index in [9.17, 15) is 4.79 Å². The highest BCUT2D eigenvalue weighted by Crippen LogP contribution is 2.28. The number of nitrogens with zero attached hydrogens (tertiary/aromatic N) is 1. The van der Waals surface area contributed by atoms with Gasteiger partial charge in [-0.15, -0.1) is 0 Å². The van der Waals surface area contributed by atoms with Crippen LogP contribution in [0.3, 0.4) is 0 Å². The van der Waals surface area contributed by atoms with Crippen LogP contribution in [0.25, 0.3) is 11.0 Å². The maximum absolute atomic E-state index is 12.6. The molecular formula is C18H15NO2. The van der Waals surface area contributed by atoms with Crippen LogP contribution in [0.4, 0.5) is 5.69 Å². The summed E-state index contributed by atoms with van der Waals surface area (Å²) in [5.41, 5.74) is 3.94. The van der Waals surface area contributed by atoms with Crippen LogP contribution in [-0.4, -0.2) is 18.9 Å². The standard InChI is InChI=1S/C18H15NO2/c20-17(15-12-21-18-8-4-2-6-14(15)18)11-19-10-9-13-5-1-3-7-16(13)19/h1-8,12H,9-11H2. The van der Waals surface area contributed by atoms with Gasteiger partial charge in [0.15, 0.2) is 5.78 Å². The van der Waals surface area contributed by atoms with Crippen molar-refractivity contribution in [2.24, 2.45) is 0 Å². The average molecular weight is 277 g/mol. The Hall–Kier alpha value is -2.55. The second kappa shape index (κ2) is 4.77. The lowest BCUT2D eigenvalue weighted by molar-refractivity contribution is 0.1000. The van der Waals surface area contributed by atoms with E-state index in [2.05, 4.69) is 17.0 Å². The molecule has 104 valence electrons. The predicted octanol–water partition coefficient (Wildman–Crippen LogP) is 3.68. The number of carbonyl (C=O) groups is 1. The summed E-state index contributed by atoms with van der Waals surface area (Å²) in [6, 6.07) is 16.0. The minimum atomic E-state index is 0.108. The third-order valence-corrected chi connectivity index (χ3v) is 4.10. The largest absolute Gasteiger partial charge is 0.464 e. The number of rotatable bonds is 3. The van der Waals surface area contributed by atoms with E-state index in [1.165, 1.54) is 11.3 Å². The maximum atomic E-state index is 12.6. The minimum absolute atomic E-state index is 0.108. The molecule has 0 saturated heterocycles. The van der Waals surface area contributed by atoms with Crippen molar-refractivity contribution in [2.75, 3.05) is 18.0 Å². The van der Waals surface area contributed by atoms with Crippen molar-refractivity contribution in [3.63, 3.8) is 0 Å². The number of carbonyl (C=O) groups excluding carboxylic acids is 1. The Kier molecular flexibility index (Phi) is 2.78. The smallest absolute Gasteiger partial charge is 0.185 e. The van der Waals surface area contributed by atoms with E-state index in [0.717, 1.165) is 23.9 Å². The topological polar surface area (TPSA) is 33.5 Å². The quantitative estimate of drug-likeness (QED) is 0.685. The molecule has 1 aromatic heterocycles. The number of Topliss-reactive ketones (excluding diaryl/α,β-unsaturated/α-hetero) is 1. The van der Waals surface area contributed by atoms with Crippen LogP contribution in [0.1, 0.15) is 15.9 Å². The number of hydrogen-bond acceptors (Lipinski definition) is 3. The number of anilines is 1. The summed E-state index contributed by atoms with van der Waals surface area (Å²) in [5, 5.41) is 0.898. The van der Waals surface area contributed by atoms with E-state index in [0.29, 0.717) is 12.1 Å². The van der Waals surface area contributed by atoms with Crippen molar-refractivity contribution < 1.29 is 9.21 Å². The summed E-state index contributed by atoms with van der Waals surface area (Å²) >= 11 is 0. The van der Waals surface area contributed by atoms with E-state index in [1.54, 1.807) is 6.26 Å². The summed E-state index contributed by atoms with van der Waals surface area (Å²) in [7, 11) is 0. The minimum Gasteiger partial charge on any atom is -0.464 e. The molecule has 0 amide bonds. The van der Waals surface area contributed by atoms with Gasteiger partial charge in [0.1, 0.15) is 11.8 Å². The lowest BCUT2D eigenvalue weighted by Gasteiger charge is -2.17. The maximum Gasteiger partial charge on any atom is 0.185 e. The molecule has 0 saturated carbocycles. The molecular weight excluding hydrogens is 262 g/mol. The molecule has 4 rings (SSSR count). The Morgan fingerprint density at radius 2 is 1.90 bits per heavy atom. The summed E-state index contributed by atoms with van der Waals surface area (Å²) in [6.45, 7) is 1.31. The summed E-state index contributed by atoms with van der Waals surface area (Å²) in [4.78, 5) is 14.7. The molecule has 0 N–H and O–H groups in total. The zero-order valence-corrected chi connectivity index (χ0v) is 11.6. The van der Waals surface area contributed by atoms with Gasteiger partial charge in [-0.2, -0.15) is 0 Å². The van der Waals surface area contributed by atoms with Crippen molar-refractivity contribution >= 4 is 22.4 Å². The van der Waals surface area contributed by atoms with Gasteiger partial charge < -0.3 is 9.32 Å². The Balaban J connectivity index is 1.62. The fraction of sp³-hybridized carbons (Fsp3) is 0.167. The number of benzene rings is 2. The van der Waals surface area contributed by atoms with E-state index in [1.807, 2.05) is 36.4 Å². The van der Waals surface area contributed by atoms with E-state index in [-0.39, 0.29) is 5.78 Å². The fourth-order valence-electron chi connectivity index (χ4n) is 3.02. The first kappa shape index (κ1) is 12.2. The lowest BCUT2D eigenvalue weighted by Crippen LogP contribution is -2.27. The molecule has 0 fully saturated rings. The summed E-state index contributed by atoms with van der Waals surface area (Å²) < 4.78 is 5.46. The zero-order valence-electron chi connectivity index (χ0n) is 11.6. The molecule has 0 aliphatic carbocycles. The van der Waals surface area contributed by atoms with Crippen LogP contribution in [0.15, 0.2) is 59.2 Å². The molecule has 0 spiro atoms. The highest BCUT2D eigenvalue weighted by molar-refractivity contribution is 6.09. The van der Waals surface area contributed by atoms with Crippen molar-refractivity contribution in [2.45, 2.75) is 6.42 Å². The normalized spacial score (nSPS) is 13.6. The number of ketones is 1. The van der Waals surface area contributed by atoms with Crippen LogP contribution < -0.4 is 4.90 Å². The molecule has 3 nitrogen and oxygen atoms in total. The van der Waals surface area contributed by atoms with Crippen molar-refractivity contribution in [1.29, 1.82) is 0 Å². The Bertz CT molecular complexity index is 819. The SMILES string of the molecule is O=C(CN1CCc2ccccc21)c1coc2ccccc12. The molecule has 3 aromatic rings. The third kappa shape index (κ3) is 2.02. The molecule has 2 aromatic carbocycles. The van der Waals surface area contributed by atoms with Crippen LogP contribution in [-0.2, 0) is 6.42 Å². The van der Waals surface area contributed by atoms with Crippen molar-refractivity contribution in [3.05, 3.63) is 65.9 Å². The van der Waals surface area contributed by atoms with Crippen LogP contribution in [0, 0.1) is 0 Å². The Labute approximate surface area is 122 Å². The van der Waals surface area contributed by atoms with Gasteiger partial charge in [-0.3, -0.25) is 4.79 Å². The van der Waals surface area contributed by atoms with Crippen LogP contribution in [0.5, 0.6) is 0 Å². The molecule has 1 aliphatic rings. The Morgan fingerprint density at radius 3 is 2.86 bits per heavy atom. The first-order valence-corrected chi connectivity index (χ1v) is 7.15. The van der Waals surface area contributed by atoms with E-state index in [4.69, 9.17) is 4.42 Å². The van der Waals surface area contributed by atoms with E-state index < -0.39 is 0 Å². The molecule has 0 radical (unpaired) electrons. The van der Waals surface area contributed by atoms with Crippen LogP contribution in [0.2, 0.25) is 0 Å². The number of furan rings is 1. The van der Waals surface area contributed by atoms with Crippen molar-refractivity contribution in [1.82, 2.24) is 0 Å². The fourth-order valence-corrected chi connectivity index (χ4v) is 3.02. The van der Waals surface area contributed by atoms with Gasteiger partial charge in [-0.25, -0.2) is 0 Å².